The van der Waals surface area contributed by atoms with Gasteiger partial charge >= 0.3 is 0 Å². The van der Waals surface area contributed by atoms with Crippen LogP contribution in [0.25, 0.3) is 4.96 Å². The van der Waals surface area contributed by atoms with Crippen LogP contribution in [0, 0.1) is 0 Å². The molecule has 0 aliphatic rings. The molecule has 0 bridgehead atoms. The van der Waals surface area contributed by atoms with E-state index < -0.39 is 6.04 Å². The number of hydrogen-bond donors (Lipinski definition) is 2. The summed E-state index contributed by atoms with van der Waals surface area (Å²) in [6.07, 6.45) is 2.25. The van der Waals surface area contributed by atoms with Gasteiger partial charge in [0.05, 0.1) is 12.2 Å². The summed E-state index contributed by atoms with van der Waals surface area (Å²) < 4.78 is 1.89. The number of carbonyl (C=O) groups excluding carboxylic acids is 1. The number of fused-ring (bicyclic) bond motifs is 1. The highest BCUT2D eigenvalue weighted by molar-refractivity contribution is 7.15. The van der Waals surface area contributed by atoms with Crippen LogP contribution in [0.3, 0.4) is 0 Å². The molecule has 6 heteroatoms. The van der Waals surface area contributed by atoms with E-state index in [1.165, 1.54) is 11.3 Å². The van der Waals surface area contributed by atoms with Gasteiger partial charge in [-0.3, -0.25) is 9.20 Å². The minimum Gasteiger partial charge on any atom is -0.321 e. The van der Waals surface area contributed by atoms with Crippen LogP contribution in [0.2, 0.25) is 0 Å². The van der Waals surface area contributed by atoms with E-state index in [-0.39, 0.29) is 5.78 Å². The fourth-order valence-corrected chi connectivity index (χ4v) is 2.58. The maximum Gasteiger partial charge on any atom is 0.197 e. The number of nitrogens with one attached hydrogen (secondary N) is 1. The highest BCUT2D eigenvalue weighted by Gasteiger charge is 2.20. The number of Topliss-reactive ketones (excluding diaryl/α,β-unsaturated/α-hetero) is 1. The monoisotopic (exact) mass is 252 g/mol. The number of nitrogens with two attached hydrogens (primary N) is 1. The molecule has 0 aliphatic carbocycles. The van der Waals surface area contributed by atoms with Gasteiger partial charge < -0.3 is 11.1 Å². The van der Waals surface area contributed by atoms with Crippen molar-refractivity contribution in [1.82, 2.24) is 14.7 Å². The van der Waals surface area contributed by atoms with Crippen LogP contribution in [0.4, 0.5) is 0 Å². The predicted octanol–water partition coefficient (Wildman–Crippen LogP) is 1.04. The average Bonchev–Trinajstić information content (AvgIpc) is 2.90. The van der Waals surface area contributed by atoms with Gasteiger partial charge in [-0.15, -0.1) is 11.3 Å². The zero-order valence-electron chi connectivity index (χ0n) is 9.93. The van der Waals surface area contributed by atoms with Gasteiger partial charge in [-0.25, -0.2) is 4.98 Å². The Morgan fingerprint density at radius 3 is 3.12 bits per heavy atom. The van der Waals surface area contributed by atoms with Crippen LogP contribution in [0.1, 0.15) is 29.5 Å². The third-order valence-electron chi connectivity index (χ3n) is 2.70. The zero-order valence-corrected chi connectivity index (χ0v) is 10.8. The van der Waals surface area contributed by atoms with Crippen molar-refractivity contribution in [2.24, 2.45) is 5.73 Å². The number of imidazole rings is 1. The molecular weight excluding hydrogens is 236 g/mol. The van der Waals surface area contributed by atoms with E-state index >= 15 is 0 Å². The van der Waals surface area contributed by atoms with Crippen molar-refractivity contribution in [3.8, 4) is 0 Å². The summed E-state index contributed by atoms with van der Waals surface area (Å²) in [5.41, 5.74) is 7.41. The molecule has 0 spiro atoms. The van der Waals surface area contributed by atoms with Crippen molar-refractivity contribution >= 4 is 22.1 Å². The van der Waals surface area contributed by atoms with Crippen molar-refractivity contribution in [1.29, 1.82) is 0 Å². The molecule has 0 radical (unpaired) electrons. The third kappa shape index (κ3) is 2.11. The predicted molar refractivity (Wildman–Crippen MR) is 68.4 cm³/mol. The van der Waals surface area contributed by atoms with Crippen LogP contribution < -0.4 is 11.1 Å². The van der Waals surface area contributed by atoms with E-state index in [0.29, 0.717) is 18.7 Å². The van der Waals surface area contributed by atoms with Crippen LogP contribution in [0.15, 0.2) is 11.6 Å². The topological polar surface area (TPSA) is 72.4 Å². The minimum absolute atomic E-state index is 0.0456. The number of hydrogen-bond acceptors (Lipinski definition) is 5. The third-order valence-corrected chi connectivity index (χ3v) is 3.59. The van der Waals surface area contributed by atoms with Crippen LogP contribution in [-0.2, 0) is 6.54 Å². The average molecular weight is 252 g/mol. The summed E-state index contributed by atoms with van der Waals surface area (Å²) in [5.74, 6) is -0.0456. The summed E-state index contributed by atoms with van der Waals surface area (Å²) in [4.78, 5) is 17.2. The molecule has 2 aromatic rings. The highest BCUT2D eigenvalue weighted by Crippen LogP contribution is 2.19. The molecule has 0 saturated carbocycles. The lowest BCUT2D eigenvalue weighted by Crippen LogP contribution is -2.30. The van der Waals surface area contributed by atoms with Gasteiger partial charge in [-0.1, -0.05) is 6.92 Å². The molecule has 0 aliphatic heterocycles. The fourth-order valence-electron chi connectivity index (χ4n) is 1.72. The maximum absolute atomic E-state index is 12.1. The molecule has 0 aromatic carbocycles. The molecule has 2 rings (SSSR count). The summed E-state index contributed by atoms with van der Waals surface area (Å²) in [5, 5.41) is 5.08. The van der Waals surface area contributed by atoms with Crippen molar-refractivity contribution in [3.05, 3.63) is 23.0 Å². The molecule has 0 fully saturated rings. The molecule has 92 valence electrons. The van der Waals surface area contributed by atoms with E-state index in [1.54, 1.807) is 6.20 Å². The second kappa shape index (κ2) is 4.95. The molecule has 0 amide bonds. The number of aromatic nitrogens is 2. The van der Waals surface area contributed by atoms with Crippen molar-refractivity contribution < 1.29 is 4.79 Å². The molecular formula is C11H16N4OS. The smallest absolute Gasteiger partial charge is 0.197 e. The number of carbonyl (C=O) groups is 1. The first-order valence-corrected chi connectivity index (χ1v) is 6.45. The molecule has 3 N–H and O–H groups in total. The van der Waals surface area contributed by atoms with Gasteiger partial charge in [-0.05, 0) is 13.5 Å². The summed E-state index contributed by atoms with van der Waals surface area (Å²) in [6, 6.07) is -0.447. The van der Waals surface area contributed by atoms with E-state index in [9.17, 15) is 4.79 Å². The SMILES string of the molecule is CCC(N)C(=O)c1cnc2scc(CNC)n12. The van der Waals surface area contributed by atoms with Crippen LogP contribution >= 0.6 is 11.3 Å². The van der Waals surface area contributed by atoms with E-state index in [1.807, 2.05) is 23.8 Å². The van der Waals surface area contributed by atoms with Crippen LogP contribution in [0.5, 0.6) is 0 Å². The molecule has 5 nitrogen and oxygen atoms in total. The van der Waals surface area contributed by atoms with Crippen molar-refractivity contribution in [2.45, 2.75) is 25.9 Å². The molecule has 1 unspecified atom stereocenters. The molecule has 2 aromatic heterocycles. The van der Waals surface area contributed by atoms with E-state index in [2.05, 4.69) is 10.3 Å². The summed E-state index contributed by atoms with van der Waals surface area (Å²) in [6.45, 7) is 2.61. The lowest BCUT2D eigenvalue weighted by molar-refractivity contribution is 0.0953. The maximum atomic E-state index is 12.1. The lowest BCUT2D eigenvalue weighted by atomic mass is 10.1. The standard InChI is InChI=1S/C11H16N4OS/c1-3-8(12)10(16)9-5-14-11-15(9)7(4-13-2)6-17-11/h5-6,8,13H,3-4,12H2,1-2H3. The number of thiazole rings is 1. The number of nitrogens with zero attached hydrogens (tertiary/aromatic N) is 2. The Morgan fingerprint density at radius 2 is 2.47 bits per heavy atom. The van der Waals surface area contributed by atoms with Gasteiger partial charge in [0.1, 0.15) is 5.69 Å². The number of ketones is 1. The zero-order chi connectivity index (χ0) is 12.4. The first-order valence-electron chi connectivity index (χ1n) is 5.57. The Labute approximate surface area is 104 Å². The molecule has 2 heterocycles. The van der Waals surface area contributed by atoms with E-state index in [4.69, 9.17) is 5.73 Å². The van der Waals surface area contributed by atoms with E-state index in [0.717, 1.165) is 10.7 Å². The second-order valence-corrected chi connectivity index (χ2v) is 4.73. The Balaban J connectivity index is 2.46. The van der Waals surface area contributed by atoms with Crippen LogP contribution in [-0.4, -0.2) is 28.3 Å². The minimum atomic E-state index is -0.447. The first-order chi connectivity index (χ1) is 8.19. The Morgan fingerprint density at radius 1 is 1.71 bits per heavy atom. The first kappa shape index (κ1) is 12.2. The quantitative estimate of drug-likeness (QED) is 0.780. The second-order valence-electron chi connectivity index (χ2n) is 3.90. The molecule has 1 atom stereocenters. The largest absolute Gasteiger partial charge is 0.321 e. The Bertz CT molecular complexity index is 531. The van der Waals surface area contributed by atoms with Gasteiger partial charge in [0.2, 0.25) is 0 Å². The van der Waals surface area contributed by atoms with Gasteiger partial charge in [-0.2, -0.15) is 0 Å². The van der Waals surface area contributed by atoms with Gasteiger partial charge in [0.15, 0.2) is 10.7 Å². The Kier molecular flexibility index (Phi) is 3.56. The number of rotatable bonds is 5. The lowest BCUT2D eigenvalue weighted by Gasteiger charge is -2.07. The van der Waals surface area contributed by atoms with Crippen molar-refractivity contribution in [3.63, 3.8) is 0 Å². The fraction of sp³-hybridized carbons (Fsp3) is 0.455. The summed E-state index contributed by atoms with van der Waals surface area (Å²) >= 11 is 1.53. The van der Waals surface area contributed by atoms with Gasteiger partial charge in [0.25, 0.3) is 0 Å². The van der Waals surface area contributed by atoms with Gasteiger partial charge in [0, 0.05) is 17.6 Å². The molecule has 0 saturated heterocycles. The summed E-state index contributed by atoms with van der Waals surface area (Å²) in [7, 11) is 1.87. The molecule has 17 heavy (non-hydrogen) atoms. The van der Waals surface area contributed by atoms with Crippen molar-refractivity contribution in [2.75, 3.05) is 7.05 Å². The normalized spacial score (nSPS) is 13.1. The Hall–Kier alpha value is -1.24. The highest BCUT2D eigenvalue weighted by atomic mass is 32.1.